The van der Waals surface area contributed by atoms with Crippen molar-refractivity contribution in [1.82, 2.24) is 0 Å². The normalized spacial score (nSPS) is 35.2. The van der Waals surface area contributed by atoms with Crippen molar-refractivity contribution in [1.29, 1.82) is 0 Å². The summed E-state index contributed by atoms with van der Waals surface area (Å²) in [5.74, 6) is 0. The molecule has 0 aliphatic carbocycles. The van der Waals surface area contributed by atoms with Crippen LogP contribution in [0.2, 0.25) is 25.2 Å². The molecule has 0 amide bonds. The van der Waals surface area contributed by atoms with Gasteiger partial charge in [0.05, 0.1) is 0 Å². The molecule has 0 aromatic heterocycles. The second kappa shape index (κ2) is 3.40. The third-order valence-electron chi connectivity index (χ3n) is 2.63. The van der Waals surface area contributed by atoms with Crippen LogP contribution < -0.4 is 0 Å². The summed E-state index contributed by atoms with van der Waals surface area (Å²) >= 11 is 0. The van der Waals surface area contributed by atoms with E-state index in [1.165, 1.54) is 12.1 Å². The lowest BCUT2D eigenvalue weighted by molar-refractivity contribution is 0.131. The molecule has 0 spiro atoms. The Morgan fingerprint density at radius 2 is 2.08 bits per heavy atom. The van der Waals surface area contributed by atoms with Crippen LogP contribution in [0.25, 0.3) is 0 Å². The second-order valence-corrected chi connectivity index (χ2v) is 26.2. The van der Waals surface area contributed by atoms with Crippen molar-refractivity contribution in [2.45, 2.75) is 51.6 Å². The quantitative estimate of drug-likeness (QED) is 0.605. The van der Waals surface area contributed by atoms with Gasteiger partial charge in [-0.3, -0.25) is 0 Å². The van der Waals surface area contributed by atoms with Crippen LogP contribution in [0.3, 0.4) is 0 Å². The topological polar surface area (TPSA) is 9.23 Å². The van der Waals surface area contributed by atoms with E-state index >= 15 is 0 Å². The summed E-state index contributed by atoms with van der Waals surface area (Å²) in [4.78, 5) is 0. The first-order chi connectivity index (χ1) is 5.35. The summed E-state index contributed by atoms with van der Waals surface area (Å²) in [5, 5.41) is 0. The fourth-order valence-electron chi connectivity index (χ4n) is 2.60. The summed E-state index contributed by atoms with van der Waals surface area (Å²) in [6.07, 6.45) is 0. The van der Waals surface area contributed by atoms with Crippen LogP contribution in [0, 0.1) is 0 Å². The molecule has 0 aromatic rings. The summed E-state index contributed by atoms with van der Waals surface area (Å²) in [6.45, 7) is 12.1. The van der Waals surface area contributed by atoms with E-state index in [1.54, 1.807) is 0 Å². The average Bonchev–Trinajstić information content (AvgIpc) is 1.80. The highest BCUT2D eigenvalue weighted by atomic mass is 29.6. The molecule has 0 saturated carbocycles. The van der Waals surface area contributed by atoms with E-state index < -0.39 is 16.1 Å². The molecular formula is C8H22OSi3. The first-order valence-electron chi connectivity index (χ1n) is 5.02. The lowest BCUT2D eigenvalue weighted by atomic mass is 10.2. The summed E-state index contributed by atoms with van der Waals surface area (Å²) in [5.41, 5.74) is 0.244. The van der Waals surface area contributed by atoms with Gasteiger partial charge < -0.3 is 4.43 Å². The molecule has 1 fully saturated rings. The standard InChI is InChI=1S/C8H22OSi3/c1-6-11-9-8(2,3)7-12(4,5)10-11/h11H,6-7,10H2,1-5H3. The maximum absolute atomic E-state index is 6.19. The minimum absolute atomic E-state index is 0.237. The van der Waals surface area contributed by atoms with Crippen LogP contribution in [-0.2, 0) is 4.43 Å². The van der Waals surface area contributed by atoms with Gasteiger partial charge in [0.15, 0.2) is 8.56 Å². The van der Waals surface area contributed by atoms with Crippen LogP contribution in [0.1, 0.15) is 20.8 Å². The first kappa shape index (κ1) is 10.7. The zero-order valence-corrected chi connectivity index (χ0v) is 12.7. The van der Waals surface area contributed by atoms with Crippen molar-refractivity contribution in [3.05, 3.63) is 0 Å². The van der Waals surface area contributed by atoms with Crippen molar-refractivity contribution in [3.8, 4) is 0 Å². The number of hydrogen-bond acceptors (Lipinski definition) is 1. The lowest BCUT2D eigenvalue weighted by Crippen LogP contribution is -2.57. The van der Waals surface area contributed by atoms with E-state index in [9.17, 15) is 0 Å². The Morgan fingerprint density at radius 1 is 1.50 bits per heavy atom. The minimum atomic E-state index is -0.734. The maximum atomic E-state index is 6.19. The highest BCUT2D eigenvalue weighted by Gasteiger charge is 2.40. The minimum Gasteiger partial charge on any atom is -0.420 e. The van der Waals surface area contributed by atoms with Crippen LogP contribution >= 0.6 is 0 Å². The predicted molar refractivity (Wildman–Crippen MR) is 63.6 cm³/mol. The Bertz CT molecular complexity index is 152. The third kappa shape index (κ3) is 2.83. The van der Waals surface area contributed by atoms with E-state index in [0.29, 0.717) is 0 Å². The third-order valence-corrected chi connectivity index (χ3v) is 29.6. The fraction of sp³-hybridized carbons (Fsp3) is 1.00. The van der Waals surface area contributed by atoms with E-state index in [-0.39, 0.29) is 14.2 Å². The van der Waals surface area contributed by atoms with Crippen molar-refractivity contribution < 1.29 is 4.43 Å². The van der Waals surface area contributed by atoms with Crippen LogP contribution in [0.4, 0.5) is 0 Å². The molecule has 1 heterocycles. The van der Waals surface area contributed by atoms with Gasteiger partial charge >= 0.3 is 0 Å². The lowest BCUT2D eigenvalue weighted by Gasteiger charge is -2.43. The van der Waals surface area contributed by atoms with Gasteiger partial charge in [-0.05, 0) is 25.9 Å². The van der Waals surface area contributed by atoms with Crippen LogP contribution in [0.15, 0.2) is 0 Å². The van der Waals surface area contributed by atoms with Gasteiger partial charge in [-0.2, -0.15) is 0 Å². The van der Waals surface area contributed by atoms with Gasteiger partial charge in [-0.1, -0.05) is 20.0 Å². The molecule has 0 N–H and O–H groups in total. The number of hydrogen-bond donors (Lipinski definition) is 0. The largest absolute Gasteiger partial charge is 0.420 e. The summed E-state index contributed by atoms with van der Waals surface area (Å²) in [7, 11) is -1.15. The molecule has 1 nitrogen and oxygen atoms in total. The van der Waals surface area contributed by atoms with Crippen LogP contribution in [0.5, 0.6) is 0 Å². The molecular weight excluding hydrogens is 196 g/mol. The molecule has 1 unspecified atom stereocenters. The van der Waals surface area contributed by atoms with Gasteiger partial charge in [0.25, 0.3) is 0 Å². The number of rotatable bonds is 1. The van der Waals surface area contributed by atoms with Crippen molar-refractivity contribution in [3.63, 3.8) is 0 Å². The zero-order valence-electron chi connectivity index (χ0n) is 9.11. The Balaban J connectivity index is 2.66. The van der Waals surface area contributed by atoms with E-state index in [4.69, 9.17) is 4.43 Å². The zero-order chi connectivity index (χ0) is 9.41. The van der Waals surface area contributed by atoms with Gasteiger partial charge in [-0.15, -0.1) is 0 Å². The van der Waals surface area contributed by atoms with E-state index in [1.807, 2.05) is 0 Å². The first-order valence-corrected chi connectivity index (χ1v) is 15.1. The Kier molecular flexibility index (Phi) is 3.03. The van der Waals surface area contributed by atoms with Crippen LogP contribution in [-0.4, -0.2) is 30.3 Å². The highest BCUT2D eigenvalue weighted by molar-refractivity contribution is 7.46. The molecule has 1 aliphatic heterocycles. The Morgan fingerprint density at radius 3 is 2.50 bits per heavy atom. The molecule has 1 aliphatic rings. The molecule has 72 valence electrons. The molecule has 4 heteroatoms. The van der Waals surface area contributed by atoms with Gasteiger partial charge in [0.1, 0.15) is 0 Å². The molecule has 0 radical (unpaired) electrons. The molecule has 1 rings (SSSR count). The molecule has 1 atom stereocenters. The average molecular weight is 219 g/mol. The smallest absolute Gasteiger partial charge is 0.156 e. The molecule has 0 bridgehead atoms. The van der Waals surface area contributed by atoms with Crippen molar-refractivity contribution in [2.24, 2.45) is 0 Å². The molecule has 12 heavy (non-hydrogen) atoms. The summed E-state index contributed by atoms with van der Waals surface area (Å²) in [6, 6.07) is 2.79. The van der Waals surface area contributed by atoms with E-state index in [2.05, 4.69) is 33.9 Å². The van der Waals surface area contributed by atoms with Gasteiger partial charge in [0.2, 0.25) is 0 Å². The predicted octanol–water partition coefficient (Wildman–Crippen LogP) is 1.41. The SMILES string of the molecule is CC[SiH]1OC(C)(C)C[Si](C)(C)[SiH2]1. The monoisotopic (exact) mass is 218 g/mol. The molecule has 0 aromatic carbocycles. The maximum Gasteiger partial charge on any atom is 0.156 e. The van der Waals surface area contributed by atoms with Gasteiger partial charge in [0, 0.05) is 21.7 Å². The fourth-order valence-corrected chi connectivity index (χ4v) is 32.2. The summed E-state index contributed by atoms with van der Waals surface area (Å²) < 4.78 is 6.19. The highest BCUT2D eigenvalue weighted by Crippen LogP contribution is 2.29. The van der Waals surface area contributed by atoms with Gasteiger partial charge in [-0.25, -0.2) is 0 Å². The van der Waals surface area contributed by atoms with E-state index in [0.717, 1.165) is 0 Å². The van der Waals surface area contributed by atoms with Crippen molar-refractivity contribution in [2.75, 3.05) is 0 Å². The molecule has 1 saturated heterocycles. The Labute approximate surface area is 81.0 Å². The second-order valence-electron chi connectivity index (χ2n) is 5.45. The van der Waals surface area contributed by atoms with Crippen molar-refractivity contribution >= 4 is 24.7 Å². The Hall–Kier alpha value is 0.611.